The molecular formula is C21H25N3O5. The number of urea groups is 1. The number of amides is 3. The average Bonchev–Trinajstić information content (AvgIpc) is 3.08. The van der Waals surface area contributed by atoms with Crippen molar-refractivity contribution in [2.24, 2.45) is 0 Å². The molecule has 1 aliphatic heterocycles. The quantitative estimate of drug-likeness (QED) is 0.747. The third-order valence-corrected chi connectivity index (χ3v) is 4.57. The van der Waals surface area contributed by atoms with Gasteiger partial charge in [0.1, 0.15) is 17.2 Å². The molecule has 154 valence electrons. The van der Waals surface area contributed by atoms with Crippen LogP contribution in [0.3, 0.4) is 0 Å². The van der Waals surface area contributed by atoms with Crippen molar-refractivity contribution < 1.29 is 23.8 Å². The highest BCUT2D eigenvalue weighted by Gasteiger charge is 2.31. The van der Waals surface area contributed by atoms with Gasteiger partial charge in [0.2, 0.25) is 5.91 Å². The summed E-state index contributed by atoms with van der Waals surface area (Å²) in [6.07, 6.45) is 0.232. The Kier molecular flexibility index (Phi) is 6.43. The van der Waals surface area contributed by atoms with Gasteiger partial charge in [-0.25, -0.2) is 4.79 Å². The van der Waals surface area contributed by atoms with Crippen LogP contribution in [0.5, 0.6) is 17.2 Å². The van der Waals surface area contributed by atoms with E-state index in [1.54, 1.807) is 30.2 Å². The van der Waals surface area contributed by atoms with E-state index < -0.39 is 6.03 Å². The monoisotopic (exact) mass is 399 g/mol. The summed E-state index contributed by atoms with van der Waals surface area (Å²) in [5.41, 5.74) is 1.26. The minimum atomic E-state index is -0.414. The Balaban J connectivity index is 1.61. The largest absolute Gasteiger partial charge is 0.497 e. The fourth-order valence-corrected chi connectivity index (χ4v) is 3.20. The van der Waals surface area contributed by atoms with Crippen LogP contribution in [0.4, 0.5) is 16.2 Å². The molecule has 0 radical (unpaired) electrons. The Morgan fingerprint density at radius 3 is 2.48 bits per heavy atom. The molecule has 0 spiro atoms. The second-order valence-corrected chi connectivity index (χ2v) is 6.50. The van der Waals surface area contributed by atoms with Gasteiger partial charge >= 0.3 is 6.03 Å². The van der Waals surface area contributed by atoms with Crippen LogP contribution in [0.1, 0.15) is 13.3 Å². The van der Waals surface area contributed by atoms with Crippen LogP contribution in [0.15, 0.2) is 42.5 Å². The van der Waals surface area contributed by atoms with Crippen LogP contribution in [-0.4, -0.2) is 45.4 Å². The third kappa shape index (κ3) is 4.90. The topological polar surface area (TPSA) is 89.1 Å². The number of ether oxygens (including phenoxy) is 3. The van der Waals surface area contributed by atoms with E-state index in [1.165, 1.54) is 7.11 Å². The normalized spacial score (nSPS) is 15.8. The Morgan fingerprint density at radius 2 is 1.83 bits per heavy atom. The maximum Gasteiger partial charge on any atom is 0.319 e. The van der Waals surface area contributed by atoms with E-state index in [9.17, 15) is 9.59 Å². The van der Waals surface area contributed by atoms with Crippen LogP contribution in [0, 0.1) is 0 Å². The average molecular weight is 399 g/mol. The van der Waals surface area contributed by atoms with Crippen molar-refractivity contribution in [2.45, 2.75) is 19.4 Å². The highest BCUT2D eigenvalue weighted by molar-refractivity contribution is 5.98. The van der Waals surface area contributed by atoms with E-state index in [0.29, 0.717) is 30.3 Å². The summed E-state index contributed by atoms with van der Waals surface area (Å²) in [5, 5.41) is 5.60. The molecule has 2 aromatic carbocycles. The molecule has 8 heteroatoms. The number of hydrogen-bond acceptors (Lipinski definition) is 5. The SMILES string of the molecule is CCOc1ccc(N2C[C@H](NC(=O)Nc3cc(OC)ccc3OC)CC2=O)cc1. The van der Waals surface area contributed by atoms with Crippen molar-refractivity contribution in [3.8, 4) is 17.2 Å². The molecule has 1 fully saturated rings. The first-order valence-corrected chi connectivity index (χ1v) is 9.36. The smallest absolute Gasteiger partial charge is 0.319 e. The molecule has 29 heavy (non-hydrogen) atoms. The van der Waals surface area contributed by atoms with Crippen molar-refractivity contribution >= 4 is 23.3 Å². The van der Waals surface area contributed by atoms with Gasteiger partial charge in [-0.05, 0) is 43.3 Å². The van der Waals surface area contributed by atoms with Gasteiger partial charge in [-0.15, -0.1) is 0 Å². The zero-order chi connectivity index (χ0) is 20.8. The standard InChI is InChI=1S/C21H25N3O5/c1-4-29-16-7-5-15(6-8-16)24-13-14(11-20(24)25)22-21(26)23-18-12-17(27-2)9-10-19(18)28-3/h5-10,12,14H,4,11,13H2,1-3H3,(H2,22,23,26)/t14-/m1/s1. The van der Waals surface area contributed by atoms with Crippen LogP contribution >= 0.6 is 0 Å². The molecule has 3 rings (SSSR count). The number of benzene rings is 2. The second kappa shape index (κ2) is 9.18. The third-order valence-electron chi connectivity index (χ3n) is 4.57. The summed E-state index contributed by atoms with van der Waals surface area (Å²) in [7, 11) is 3.07. The summed E-state index contributed by atoms with van der Waals surface area (Å²) in [6, 6.07) is 11.7. The Morgan fingerprint density at radius 1 is 1.10 bits per heavy atom. The van der Waals surface area contributed by atoms with Crippen molar-refractivity contribution in [3.05, 3.63) is 42.5 Å². The molecule has 8 nitrogen and oxygen atoms in total. The number of carbonyl (C=O) groups is 2. The molecule has 0 unspecified atom stereocenters. The van der Waals surface area contributed by atoms with Crippen molar-refractivity contribution in [2.75, 3.05) is 37.6 Å². The van der Waals surface area contributed by atoms with Gasteiger partial charge in [0.25, 0.3) is 0 Å². The number of anilines is 2. The van der Waals surface area contributed by atoms with E-state index in [4.69, 9.17) is 14.2 Å². The number of nitrogens with one attached hydrogen (secondary N) is 2. The zero-order valence-corrected chi connectivity index (χ0v) is 16.7. The lowest BCUT2D eigenvalue weighted by molar-refractivity contribution is -0.117. The van der Waals surface area contributed by atoms with Gasteiger partial charge in [-0.1, -0.05) is 0 Å². The summed E-state index contributed by atoms with van der Waals surface area (Å²) in [4.78, 5) is 26.5. The van der Waals surface area contributed by atoms with Crippen molar-refractivity contribution in [1.82, 2.24) is 5.32 Å². The van der Waals surface area contributed by atoms with Crippen LogP contribution in [0.25, 0.3) is 0 Å². The molecule has 2 aromatic rings. The fourth-order valence-electron chi connectivity index (χ4n) is 3.20. The Bertz CT molecular complexity index is 869. The first-order chi connectivity index (χ1) is 14.0. The van der Waals surface area contributed by atoms with E-state index in [1.807, 2.05) is 31.2 Å². The highest BCUT2D eigenvalue weighted by atomic mass is 16.5. The molecular weight excluding hydrogens is 374 g/mol. The molecule has 2 N–H and O–H groups in total. The van der Waals surface area contributed by atoms with Crippen LogP contribution < -0.4 is 29.7 Å². The molecule has 1 heterocycles. The lowest BCUT2D eigenvalue weighted by Crippen LogP contribution is -2.39. The Labute approximate surface area is 169 Å². The highest BCUT2D eigenvalue weighted by Crippen LogP contribution is 2.29. The number of carbonyl (C=O) groups excluding carboxylic acids is 2. The molecule has 0 aromatic heterocycles. The van der Waals surface area contributed by atoms with Crippen LogP contribution in [-0.2, 0) is 4.79 Å². The maximum atomic E-state index is 12.4. The summed E-state index contributed by atoms with van der Waals surface area (Å²) in [5.74, 6) is 1.82. The molecule has 0 aliphatic carbocycles. The van der Waals surface area contributed by atoms with Gasteiger partial charge in [-0.3, -0.25) is 4.79 Å². The number of hydrogen-bond donors (Lipinski definition) is 2. The molecule has 1 aliphatic rings. The van der Waals surface area contributed by atoms with Crippen molar-refractivity contribution in [1.29, 1.82) is 0 Å². The molecule has 1 saturated heterocycles. The lowest BCUT2D eigenvalue weighted by atomic mass is 10.2. The number of methoxy groups -OCH3 is 2. The first kappa shape index (κ1) is 20.3. The van der Waals surface area contributed by atoms with Gasteiger partial charge < -0.3 is 29.7 Å². The van der Waals surface area contributed by atoms with Crippen LogP contribution in [0.2, 0.25) is 0 Å². The fraction of sp³-hybridized carbons (Fsp3) is 0.333. The Hall–Kier alpha value is -3.42. The second-order valence-electron chi connectivity index (χ2n) is 6.50. The summed E-state index contributed by atoms with van der Waals surface area (Å²) in [6.45, 7) is 2.90. The minimum absolute atomic E-state index is 0.0431. The molecule has 0 bridgehead atoms. The summed E-state index contributed by atoms with van der Waals surface area (Å²) < 4.78 is 15.9. The van der Waals surface area contributed by atoms with E-state index in [-0.39, 0.29) is 18.4 Å². The molecule has 1 atom stereocenters. The van der Waals surface area contributed by atoms with Gasteiger partial charge in [-0.2, -0.15) is 0 Å². The zero-order valence-electron chi connectivity index (χ0n) is 16.7. The van der Waals surface area contributed by atoms with Crippen molar-refractivity contribution in [3.63, 3.8) is 0 Å². The molecule has 3 amide bonds. The minimum Gasteiger partial charge on any atom is -0.497 e. The number of rotatable bonds is 7. The lowest BCUT2D eigenvalue weighted by Gasteiger charge is -2.18. The van der Waals surface area contributed by atoms with Gasteiger partial charge in [0.05, 0.1) is 32.6 Å². The van der Waals surface area contributed by atoms with E-state index in [2.05, 4.69) is 10.6 Å². The number of nitrogens with zero attached hydrogens (tertiary/aromatic N) is 1. The van der Waals surface area contributed by atoms with E-state index >= 15 is 0 Å². The van der Waals surface area contributed by atoms with Gasteiger partial charge in [0.15, 0.2) is 0 Å². The first-order valence-electron chi connectivity index (χ1n) is 9.36. The maximum absolute atomic E-state index is 12.4. The van der Waals surface area contributed by atoms with Gasteiger partial charge in [0, 0.05) is 24.7 Å². The van der Waals surface area contributed by atoms with E-state index in [0.717, 1.165) is 11.4 Å². The molecule has 0 saturated carbocycles. The summed E-state index contributed by atoms with van der Waals surface area (Å²) >= 11 is 0. The predicted molar refractivity (Wildman–Crippen MR) is 110 cm³/mol. The predicted octanol–water partition coefficient (Wildman–Crippen LogP) is 3.03.